The molecule has 2 aromatic heterocycles. The van der Waals surface area contributed by atoms with Gasteiger partial charge in [0.1, 0.15) is 36.3 Å². The molecule has 0 saturated heterocycles. The van der Waals surface area contributed by atoms with Crippen molar-refractivity contribution in [3.8, 4) is 0 Å². The highest BCUT2D eigenvalue weighted by molar-refractivity contribution is 6.29. The number of nitrogens with zero attached hydrogens (tertiary/aromatic N) is 5. The Balaban J connectivity index is 2.20. The third kappa shape index (κ3) is 3.53. The van der Waals surface area contributed by atoms with Gasteiger partial charge < -0.3 is 0 Å². The smallest absolute Gasteiger partial charge is 0.186 e. The van der Waals surface area contributed by atoms with Crippen molar-refractivity contribution in [1.29, 1.82) is 0 Å². The molecule has 0 atom stereocenters. The highest BCUT2D eigenvalue weighted by Crippen LogP contribution is 2.30. The maximum Gasteiger partial charge on any atom is 0.186 e. The molecule has 3 aromatic rings. The lowest BCUT2D eigenvalue weighted by atomic mass is 9.97. The monoisotopic (exact) mass is 365 g/mol. The highest BCUT2D eigenvalue weighted by Gasteiger charge is 2.19. The molecule has 25 heavy (non-hydrogen) atoms. The first-order chi connectivity index (χ1) is 12.0. The van der Waals surface area contributed by atoms with Gasteiger partial charge in [0, 0.05) is 11.6 Å². The van der Waals surface area contributed by atoms with Gasteiger partial charge in [-0.2, -0.15) is 5.10 Å². The van der Waals surface area contributed by atoms with E-state index in [4.69, 9.17) is 11.6 Å². The van der Waals surface area contributed by atoms with E-state index in [-0.39, 0.29) is 23.0 Å². The summed E-state index contributed by atoms with van der Waals surface area (Å²) in [4.78, 5) is 11.3. The minimum absolute atomic E-state index is 0.0705. The van der Waals surface area contributed by atoms with Gasteiger partial charge in [0.2, 0.25) is 0 Å². The summed E-state index contributed by atoms with van der Waals surface area (Å²) in [5.74, 6) is -2.31. The second kappa shape index (κ2) is 7.02. The molecule has 0 amide bonds. The van der Waals surface area contributed by atoms with E-state index in [2.05, 4.69) is 20.1 Å². The molecule has 3 rings (SSSR count). The topological polar surface area (TPSA) is 56.5 Å². The zero-order valence-corrected chi connectivity index (χ0v) is 13.7. The van der Waals surface area contributed by atoms with E-state index in [1.165, 1.54) is 23.4 Å². The summed E-state index contributed by atoms with van der Waals surface area (Å²) in [6.07, 6.45) is 3.85. The van der Waals surface area contributed by atoms with Crippen LogP contribution < -0.4 is 0 Å². The minimum Gasteiger partial charge on any atom is -0.249 e. The molecule has 0 saturated carbocycles. The zero-order valence-electron chi connectivity index (χ0n) is 12.9. The van der Waals surface area contributed by atoms with Crippen molar-refractivity contribution in [2.24, 2.45) is 0 Å². The molecule has 2 heterocycles. The molecular formula is C16H11ClF3N5. The molecule has 0 spiro atoms. The first-order valence-corrected chi connectivity index (χ1v) is 7.49. The fourth-order valence-electron chi connectivity index (χ4n) is 2.37. The molecule has 0 aliphatic rings. The average Bonchev–Trinajstić information content (AvgIpc) is 3.08. The number of aromatic nitrogens is 5. The normalized spacial score (nSPS) is 12.2. The first-order valence-electron chi connectivity index (χ1n) is 7.11. The van der Waals surface area contributed by atoms with Crippen molar-refractivity contribution in [2.45, 2.75) is 13.5 Å². The van der Waals surface area contributed by atoms with Crippen LogP contribution >= 0.6 is 11.6 Å². The molecule has 0 radical (unpaired) electrons. The molecule has 5 nitrogen and oxygen atoms in total. The van der Waals surface area contributed by atoms with Crippen LogP contribution in [0.2, 0.25) is 5.15 Å². The van der Waals surface area contributed by atoms with Crippen LogP contribution in [0.25, 0.3) is 11.1 Å². The van der Waals surface area contributed by atoms with E-state index in [1.54, 1.807) is 6.92 Å². The fourth-order valence-corrected chi connectivity index (χ4v) is 2.50. The van der Waals surface area contributed by atoms with E-state index < -0.39 is 17.5 Å². The van der Waals surface area contributed by atoms with Crippen LogP contribution in [-0.4, -0.2) is 24.7 Å². The molecule has 1 aromatic carbocycles. The van der Waals surface area contributed by atoms with Gasteiger partial charge in [-0.05, 0) is 30.2 Å². The van der Waals surface area contributed by atoms with Crippen molar-refractivity contribution >= 4 is 22.7 Å². The van der Waals surface area contributed by atoms with Crippen LogP contribution in [0.4, 0.5) is 13.2 Å². The van der Waals surface area contributed by atoms with Gasteiger partial charge in [-0.1, -0.05) is 11.6 Å². The van der Waals surface area contributed by atoms with E-state index in [0.717, 1.165) is 18.5 Å². The molecule has 0 aliphatic heterocycles. The summed E-state index contributed by atoms with van der Waals surface area (Å²) in [6, 6.07) is 3.16. The van der Waals surface area contributed by atoms with Crippen molar-refractivity contribution in [1.82, 2.24) is 24.7 Å². The summed E-state index contributed by atoms with van der Waals surface area (Å²) in [5.41, 5.74) is 0.710. The van der Waals surface area contributed by atoms with Gasteiger partial charge in [-0.3, -0.25) is 0 Å². The Kier molecular flexibility index (Phi) is 4.80. The Morgan fingerprint density at radius 1 is 1.16 bits per heavy atom. The summed E-state index contributed by atoms with van der Waals surface area (Å²) in [6.45, 7) is 1.65. The first kappa shape index (κ1) is 17.1. The molecule has 128 valence electrons. The number of hydrogen-bond donors (Lipinski definition) is 0. The maximum atomic E-state index is 14.3. The van der Waals surface area contributed by atoms with Crippen LogP contribution in [0.5, 0.6) is 0 Å². The molecule has 0 bridgehead atoms. The predicted molar refractivity (Wildman–Crippen MR) is 85.9 cm³/mol. The van der Waals surface area contributed by atoms with Crippen LogP contribution in [0, 0.1) is 17.5 Å². The lowest BCUT2D eigenvalue weighted by Gasteiger charge is -2.14. The van der Waals surface area contributed by atoms with Crippen molar-refractivity contribution in [2.75, 3.05) is 0 Å². The Morgan fingerprint density at radius 3 is 2.64 bits per heavy atom. The van der Waals surface area contributed by atoms with Crippen LogP contribution in [0.15, 0.2) is 37.2 Å². The summed E-state index contributed by atoms with van der Waals surface area (Å²) in [5, 5.41) is 3.62. The predicted octanol–water partition coefficient (Wildman–Crippen LogP) is 3.77. The largest absolute Gasteiger partial charge is 0.249 e. The molecule has 0 fully saturated rings. The highest BCUT2D eigenvalue weighted by atomic mass is 35.5. The molecule has 0 unspecified atom stereocenters. The Hall–Kier alpha value is -2.74. The van der Waals surface area contributed by atoms with Crippen molar-refractivity contribution in [3.63, 3.8) is 0 Å². The average molecular weight is 366 g/mol. The second-order valence-corrected chi connectivity index (χ2v) is 5.51. The number of rotatable bonds is 4. The molecule has 9 heteroatoms. The van der Waals surface area contributed by atoms with Gasteiger partial charge in [0.15, 0.2) is 11.0 Å². The van der Waals surface area contributed by atoms with Gasteiger partial charge in [0.05, 0.1) is 6.54 Å². The summed E-state index contributed by atoms with van der Waals surface area (Å²) in [7, 11) is 0. The minimum atomic E-state index is -0.819. The summed E-state index contributed by atoms with van der Waals surface area (Å²) < 4.78 is 43.3. The standard InChI is InChI=1S/C16H11ClF3N5/c1-9(15-14(20)16(17)23-7-22-15)12(5-25-8-21-6-24-25)11-3-2-10(18)4-13(11)19/h2-4,6-8H,5H2,1H3/b12-9-. The maximum absolute atomic E-state index is 14.3. The van der Waals surface area contributed by atoms with Crippen molar-refractivity contribution < 1.29 is 13.2 Å². The molecular weight excluding hydrogens is 355 g/mol. The second-order valence-electron chi connectivity index (χ2n) is 5.15. The third-order valence-corrected chi connectivity index (χ3v) is 3.86. The van der Waals surface area contributed by atoms with E-state index in [9.17, 15) is 13.2 Å². The number of allylic oxidation sites excluding steroid dienone is 2. The SMILES string of the molecule is C/C(=C(\Cn1cncn1)c1ccc(F)cc1F)c1ncnc(Cl)c1F. The van der Waals surface area contributed by atoms with Crippen molar-refractivity contribution in [3.05, 3.63) is 71.0 Å². The lowest BCUT2D eigenvalue weighted by molar-refractivity contribution is 0.579. The lowest BCUT2D eigenvalue weighted by Crippen LogP contribution is -2.07. The number of hydrogen-bond acceptors (Lipinski definition) is 4. The van der Waals surface area contributed by atoms with Crippen LogP contribution in [-0.2, 0) is 6.54 Å². The fraction of sp³-hybridized carbons (Fsp3) is 0.125. The quantitative estimate of drug-likeness (QED) is 0.660. The van der Waals surface area contributed by atoms with E-state index in [0.29, 0.717) is 11.1 Å². The molecule has 0 aliphatic carbocycles. The zero-order chi connectivity index (χ0) is 18.0. The van der Waals surface area contributed by atoms with Gasteiger partial charge in [-0.25, -0.2) is 32.8 Å². The van der Waals surface area contributed by atoms with Gasteiger partial charge in [-0.15, -0.1) is 0 Å². The van der Waals surface area contributed by atoms with Crippen LogP contribution in [0.3, 0.4) is 0 Å². The summed E-state index contributed by atoms with van der Waals surface area (Å²) >= 11 is 5.70. The Bertz CT molecular complexity index is 941. The van der Waals surface area contributed by atoms with Crippen LogP contribution in [0.1, 0.15) is 18.2 Å². The third-order valence-electron chi connectivity index (χ3n) is 3.60. The number of benzene rings is 1. The molecule has 0 N–H and O–H groups in total. The Labute approximate surface area is 145 Å². The number of halogens is 4. The van der Waals surface area contributed by atoms with Gasteiger partial charge >= 0.3 is 0 Å². The van der Waals surface area contributed by atoms with E-state index >= 15 is 0 Å². The Morgan fingerprint density at radius 2 is 1.96 bits per heavy atom. The van der Waals surface area contributed by atoms with E-state index in [1.807, 2.05) is 0 Å². The van der Waals surface area contributed by atoms with Gasteiger partial charge in [0.25, 0.3) is 0 Å².